The summed E-state index contributed by atoms with van der Waals surface area (Å²) in [5, 5.41) is 7.27. The molecule has 6 aromatic rings. The van der Waals surface area contributed by atoms with Crippen molar-refractivity contribution in [2.45, 2.75) is 0 Å². The Kier molecular flexibility index (Phi) is 3.38. The van der Waals surface area contributed by atoms with E-state index in [1.807, 2.05) is 0 Å². The summed E-state index contributed by atoms with van der Waals surface area (Å²) >= 11 is 3.52. The molecule has 132 valence electrons. The maximum Gasteiger partial charge on any atom is 0.143 e. The van der Waals surface area contributed by atoms with Crippen molar-refractivity contribution in [3.05, 3.63) is 95.5 Å². The summed E-state index contributed by atoms with van der Waals surface area (Å²) in [6.45, 7) is 0. The SMILES string of the molecule is Brc1ccc(-c2ccc3oc4c5ccccc5c5ccccc5c4c3c2)cc1. The maximum atomic E-state index is 6.38. The highest BCUT2D eigenvalue weighted by atomic mass is 79.9. The summed E-state index contributed by atoms with van der Waals surface area (Å²) in [6, 6.07) is 32.0. The summed E-state index contributed by atoms with van der Waals surface area (Å²) in [6.07, 6.45) is 0. The van der Waals surface area contributed by atoms with E-state index in [0.29, 0.717) is 0 Å². The van der Waals surface area contributed by atoms with E-state index in [4.69, 9.17) is 4.42 Å². The monoisotopic (exact) mass is 422 g/mol. The zero-order valence-corrected chi connectivity index (χ0v) is 16.5. The molecule has 0 radical (unpaired) electrons. The molecular formula is C26H15BrO. The van der Waals surface area contributed by atoms with Crippen molar-refractivity contribution in [1.82, 2.24) is 0 Å². The van der Waals surface area contributed by atoms with Crippen LogP contribution in [0.25, 0.3) is 54.6 Å². The highest BCUT2D eigenvalue weighted by molar-refractivity contribution is 9.10. The summed E-state index contributed by atoms with van der Waals surface area (Å²) < 4.78 is 7.46. The Labute approximate surface area is 170 Å². The molecule has 0 aliphatic heterocycles. The van der Waals surface area contributed by atoms with Crippen molar-refractivity contribution in [3.8, 4) is 11.1 Å². The van der Waals surface area contributed by atoms with E-state index >= 15 is 0 Å². The second kappa shape index (κ2) is 5.95. The Morgan fingerprint density at radius 3 is 1.89 bits per heavy atom. The lowest BCUT2D eigenvalue weighted by Crippen LogP contribution is -1.80. The van der Waals surface area contributed by atoms with Crippen molar-refractivity contribution < 1.29 is 4.42 Å². The second-order valence-electron chi connectivity index (χ2n) is 7.12. The van der Waals surface area contributed by atoms with Crippen LogP contribution in [0.15, 0.2) is 99.9 Å². The van der Waals surface area contributed by atoms with Gasteiger partial charge in [0.2, 0.25) is 0 Å². The molecule has 1 aromatic heterocycles. The van der Waals surface area contributed by atoms with Gasteiger partial charge in [0.05, 0.1) is 0 Å². The third kappa shape index (κ3) is 2.25. The second-order valence-corrected chi connectivity index (χ2v) is 8.03. The molecule has 0 aliphatic carbocycles. The molecule has 0 N–H and O–H groups in total. The van der Waals surface area contributed by atoms with Crippen molar-refractivity contribution in [2.75, 3.05) is 0 Å². The fourth-order valence-corrected chi connectivity index (χ4v) is 4.49. The van der Waals surface area contributed by atoms with E-state index in [0.717, 1.165) is 26.4 Å². The molecule has 5 aromatic carbocycles. The number of rotatable bonds is 1. The molecule has 0 atom stereocenters. The van der Waals surface area contributed by atoms with E-state index in [1.54, 1.807) is 0 Å². The fourth-order valence-electron chi connectivity index (χ4n) is 4.23. The van der Waals surface area contributed by atoms with Crippen LogP contribution in [0, 0.1) is 0 Å². The average molecular weight is 423 g/mol. The number of benzene rings is 5. The predicted molar refractivity (Wildman–Crippen MR) is 122 cm³/mol. The third-order valence-corrected chi connectivity index (χ3v) is 6.05. The van der Waals surface area contributed by atoms with Gasteiger partial charge in [0.15, 0.2) is 0 Å². The summed E-state index contributed by atoms with van der Waals surface area (Å²) in [5.74, 6) is 0. The molecule has 0 spiro atoms. The van der Waals surface area contributed by atoms with E-state index in [1.165, 1.54) is 32.7 Å². The molecule has 0 bridgehead atoms. The maximum absolute atomic E-state index is 6.38. The van der Waals surface area contributed by atoms with Gasteiger partial charge in [0.1, 0.15) is 11.2 Å². The van der Waals surface area contributed by atoms with Gasteiger partial charge in [-0.15, -0.1) is 0 Å². The van der Waals surface area contributed by atoms with Crippen molar-refractivity contribution in [2.24, 2.45) is 0 Å². The van der Waals surface area contributed by atoms with E-state index in [9.17, 15) is 0 Å². The Balaban J connectivity index is 1.78. The zero-order chi connectivity index (χ0) is 18.7. The molecular weight excluding hydrogens is 408 g/mol. The highest BCUT2D eigenvalue weighted by Gasteiger charge is 2.15. The summed E-state index contributed by atoms with van der Waals surface area (Å²) in [7, 11) is 0. The minimum atomic E-state index is 0.928. The molecule has 6 rings (SSSR count). The molecule has 0 fully saturated rings. The molecule has 0 unspecified atom stereocenters. The standard InChI is InChI=1S/C26H15BrO/c27-18-12-9-16(10-13-18)17-11-14-24-23(15-17)25-21-7-3-1-5-19(21)20-6-2-4-8-22(20)26(25)28-24/h1-15H. The lowest BCUT2D eigenvalue weighted by atomic mass is 9.96. The Morgan fingerprint density at radius 1 is 0.536 bits per heavy atom. The molecule has 2 heteroatoms. The van der Waals surface area contributed by atoms with Crippen LogP contribution >= 0.6 is 15.9 Å². The largest absolute Gasteiger partial charge is 0.455 e. The Hall–Kier alpha value is -3.10. The van der Waals surface area contributed by atoms with Crippen molar-refractivity contribution in [3.63, 3.8) is 0 Å². The van der Waals surface area contributed by atoms with Crippen LogP contribution in [0.3, 0.4) is 0 Å². The van der Waals surface area contributed by atoms with Gasteiger partial charge in [0, 0.05) is 20.6 Å². The average Bonchev–Trinajstić information content (AvgIpc) is 3.14. The topological polar surface area (TPSA) is 13.1 Å². The molecule has 0 amide bonds. The van der Waals surface area contributed by atoms with Gasteiger partial charge in [-0.3, -0.25) is 0 Å². The normalized spacial score (nSPS) is 11.8. The minimum Gasteiger partial charge on any atom is -0.455 e. The van der Waals surface area contributed by atoms with Gasteiger partial charge in [-0.2, -0.15) is 0 Å². The lowest BCUT2D eigenvalue weighted by Gasteiger charge is -2.06. The zero-order valence-electron chi connectivity index (χ0n) is 14.9. The molecule has 0 saturated heterocycles. The number of halogens is 1. The first-order valence-corrected chi connectivity index (χ1v) is 10.1. The number of hydrogen-bond acceptors (Lipinski definition) is 1. The molecule has 28 heavy (non-hydrogen) atoms. The van der Waals surface area contributed by atoms with Crippen molar-refractivity contribution >= 4 is 59.4 Å². The van der Waals surface area contributed by atoms with Gasteiger partial charge >= 0.3 is 0 Å². The number of hydrogen-bond donors (Lipinski definition) is 0. The van der Waals surface area contributed by atoms with Crippen molar-refractivity contribution in [1.29, 1.82) is 0 Å². The third-order valence-electron chi connectivity index (χ3n) is 5.52. The highest BCUT2D eigenvalue weighted by Crippen LogP contribution is 2.41. The number of furan rings is 1. The predicted octanol–water partition coefficient (Wildman–Crippen LogP) is 8.32. The lowest BCUT2D eigenvalue weighted by molar-refractivity contribution is 0.673. The van der Waals surface area contributed by atoms with Gasteiger partial charge in [0.25, 0.3) is 0 Å². The van der Waals surface area contributed by atoms with Crippen LogP contribution in [-0.4, -0.2) is 0 Å². The first-order chi connectivity index (χ1) is 13.8. The molecule has 0 aliphatic rings. The van der Waals surface area contributed by atoms with E-state index < -0.39 is 0 Å². The summed E-state index contributed by atoms with van der Waals surface area (Å²) in [5.41, 5.74) is 4.29. The van der Waals surface area contributed by atoms with Crippen LogP contribution in [-0.2, 0) is 0 Å². The van der Waals surface area contributed by atoms with Crippen LogP contribution in [0.2, 0.25) is 0 Å². The van der Waals surface area contributed by atoms with Crippen LogP contribution in [0.4, 0.5) is 0 Å². The van der Waals surface area contributed by atoms with Gasteiger partial charge in [-0.1, -0.05) is 82.7 Å². The van der Waals surface area contributed by atoms with E-state index in [2.05, 4.69) is 107 Å². The van der Waals surface area contributed by atoms with Crippen LogP contribution < -0.4 is 0 Å². The van der Waals surface area contributed by atoms with Gasteiger partial charge < -0.3 is 4.42 Å². The van der Waals surface area contributed by atoms with Crippen LogP contribution in [0.1, 0.15) is 0 Å². The van der Waals surface area contributed by atoms with Gasteiger partial charge in [-0.25, -0.2) is 0 Å². The first kappa shape index (κ1) is 15.9. The molecule has 1 nitrogen and oxygen atoms in total. The first-order valence-electron chi connectivity index (χ1n) is 9.31. The minimum absolute atomic E-state index is 0.928. The number of fused-ring (bicyclic) bond motifs is 8. The van der Waals surface area contributed by atoms with Crippen LogP contribution in [0.5, 0.6) is 0 Å². The molecule has 1 heterocycles. The van der Waals surface area contributed by atoms with Gasteiger partial charge in [-0.05, 0) is 51.6 Å². The Bertz CT molecular complexity index is 1510. The van der Waals surface area contributed by atoms with E-state index in [-0.39, 0.29) is 0 Å². The quantitative estimate of drug-likeness (QED) is 0.242. The fraction of sp³-hybridized carbons (Fsp3) is 0. The Morgan fingerprint density at radius 2 is 1.14 bits per heavy atom. The summed E-state index contributed by atoms with van der Waals surface area (Å²) in [4.78, 5) is 0. The smallest absolute Gasteiger partial charge is 0.143 e. The molecule has 0 saturated carbocycles.